The van der Waals surface area contributed by atoms with Gasteiger partial charge in [0.05, 0.1) is 5.69 Å². The lowest BCUT2D eigenvalue weighted by atomic mass is 9.45. The molecule has 2 aliphatic heterocycles. The Hall–Kier alpha value is -9.06. The first kappa shape index (κ1) is 46.5. The van der Waals surface area contributed by atoms with E-state index in [-0.39, 0.29) is 6.85 Å². The van der Waals surface area contributed by atoms with Crippen molar-refractivity contribution in [2.75, 3.05) is 14.7 Å². The Kier molecular flexibility index (Phi) is 11.8. The molecule has 0 radical (unpaired) electrons. The number of hydrogen-bond donors (Lipinski definition) is 0. The Morgan fingerprint density at radius 1 is 0.390 bits per heavy atom. The van der Waals surface area contributed by atoms with Crippen molar-refractivity contribution in [3.05, 3.63) is 260 Å². The molecule has 0 aliphatic carbocycles. The smallest absolute Gasteiger partial charge is 0.333 e. The van der Waals surface area contributed by atoms with Gasteiger partial charge < -0.3 is 19.2 Å². The normalized spacial score (nSPS) is 12.3. The van der Waals surface area contributed by atoms with Gasteiger partial charge in [0.1, 0.15) is 0 Å². The van der Waals surface area contributed by atoms with E-state index >= 15 is 0 Å². The fourth-order valence-corrected chi connectivity index (χ4v) is 12.7. The van der Waals surface area contributed by atoms with Crippen molar-refractivity contribution < 1.29 is 0 Å². The van der Waals surface area contributed by atoms with Crippen LogP contribution in [0.25, 0.3) is 54.8 Å². The molecule has 0 bridgehead atoms. The predicted octanol–water partition coefficient (Wildman–Crippen LogP) is 18.7. The quantitative estimate of drug-likeness (QED) is 0.101. The summed E-state index contributed by atoms with van der Waals surface area (Å²) >= 11 is 0. The van der Waals surface area contributed by atoms with E-state index in [1.54, 1.807) is 0 Å². The first-order chi connectivity index (χ1) is 38.1. The summed E-state index contributed by atoms with van der Waals surface area (Å²) in [6.07, 6.45) is 6.72. The van der Waals surface area contributed by atoms with Gasteiger partial charge >= 0.3 is 6.85 Å². The van der Waals surface area contributed by atoms with Crippen LogP contribution in [0.3, 0.4) is 0 Å². The number of fused-ring (bicyclic) bond motifs is 9. The topological polar surface area (TPSA) is 14.7 Å². The van der Waals surface area contributed by atoms with Gasteiger partial charge in [-0.25, -0.2) is 0 Å². The Morgan fingerprint density at radius 2 is 0.961 bits per heavy atom. The monoisotopic (exact) mass is 990 g/mol. The van der Waals surface area contributed by atoms with Crippen molar-refractivity contribution in [2.45, 2.75) is 52.4 Å². The number of para-hydroxylation sites is 4. The van der Waals surface area contributed by atoms with Gasteiger partial charge in [0.25, 0.3) is 0 Å². The predicted molar refractivity (Wildman–Crippen MR) is 330 cm³/mol. The van der Waals surface area contributed by atoms with Gasteiger partial charge in [0.2, 0.25) is 0 Å². The highest BCUT2D eigenvalue weighted by atomic mass is 15.2. The first-order valence-electron chi connectivity index (χ1n) is 27.7. The highest BCUT2D eigenvalue weighted by Gasteiger charge is 2.44. The van der Waals surface area contributed by atoms with E-state index in [4.69, 9.17) is 0 Å². The van der Waals surface area contributed by atoms with Gasteiger partial charge in [-0.05, 0) is 161 Å². The summed E-state index contributed by atoms with van der Waals surface area (Å²) in [7, 11) is 0. The van der Waals surface area contributed by atoms with E-state index in [2.05, 4.69) is 282 Å². The number of nitrogens with zero attached hydrogens (tertiary/aromatic N) is 4. The number of benzene rings is 11. The minimum Gasteiger partial charge on any atom is -0.375 e. The van der Waals surface area contributed by atoms with E-state index in [9.17, 15) is 0 Å². The number of hydrogen-bond acceptors (Lipinski definition) is 3. The minimum absolute atomic E-state index is 0.153. The fraction of sp³-hybridized carbons (Fsp3) is 0.111. The maximum atomic E-state index is 2.70. The van der Waals surface area contributed by atoms with Crippen molar-refractivity contribution in [3.8, 4) is 22.3 Å². The molecule has 0 N–H and O–H groups in total. The number of anilines is 9. The third-order valence-electron chi connectivity index (χ3n) is 16.2. The molecule has 0 saturated carbocycles. The molecule has 0 atom stereocenters. The minimum atomic E-state index is -0.153. The summed E-state index contributed by atoms with van der Waals surface area (Å²) in [5.74, 6) is 0. The molecule has 3 heterocycles. The van der Waals surface area contributed by atoms with E-state index < -0.39 is 0 Å². The SMILES string of the molecule is CCCCc1ccc(N(c2ccccc2)c2cc3c4c(c2)N(c2ccc(CCCC)cc2-c2ccccc2)c2cc(N(c5ccccc5)c5ccccc5)ccc2B4n2c4ccc5ccccc5c4c4cccc-3c42)cc1. The fourth-order valence-electron chi connectivity index (χ4n) is 12.7. The van der Waals surface area contributed by atoms with Crippen LogP contribution in [0.5, 0.6) is 0 Å². The number of aromatic nitrogens is 1. The molecule has 14 rings (SSSR count). The lowest BCUT2D eigenvalue weighted by Gasteiger charge is -2.42. The molecule has 5 heteroatoms. The largest absolute Gasteiger partial charge is 0.375 e. The van der Waals surface area contributed by atoms with Crippen LogP contribution in [0.2, 0.25) is 0 Å². The van der Waals surface area contributed by atoms with Crippen molar-refractivity contribution in [1.29, 1.82) is 0 Å². The van der Waals surface area contributed by atoms with E-state index in [1.807, 2.05) is 0 Å². The maximum absolute atomic E-state index is 2.70. The number of rotatable bonds is 14. The van der Waals surface area contributed by atoms with Crippen LogP contribution in [0, 0.1) is 0 Å². The molecule has 2 aliphatic rings. The van der Waals surface area contributed by atoms with Crippen molar-refractivity contribution in [1.82, 2.24) is 4.48 Å². The molecule has 0 unspecified atom stereocenters. The summed E-state index contributed by atoms with van der Waals surface area (Å²) in [5.41, 5.74) is 22.8. The van der Waals surface area contributed by atoms with Gasteiger partial charge in [-0.1, -0.05) is 184 Å². The molecule has 0 fully saturated rings. The van der Waals surface area contributed by atoms with Gasteiger partial charge in [0, 0.05) is 78.4 Å². The van der Waals surface area contributed by atoms with Crippen molar-refractivity contribution >= 4 is 102 Å². The Morgan fingerprint density at radius 3 is 1.65 bits per heavy atom. The van der Waals surface area contributed by atoms with Gasteiger partial charge in [-0.2, -0.15) is 0 Å². The number of unbranched alkanes of at least 4 members (excludes halogenated alkanes) is 2. The van der Waals surface area contributed by atoms with E-state index in [1.165, 1.54) is 95.4 Å². The molecular weight excluding hydrogens is 932 g/mol. The zero-order valence-electron chi connectivity index (χ0n) is 43.8. The summed E-state index contributed by atoms with van der Waals surface area (Å²) in [6, 6.07) is 93.3. The second kappa shape index (κ2) is 19.6. The van der Waals surface area contributed by atoms with Gasteiger partial charge in [-0.15, -0.1) is 0 Å². The molecule has 12 aromatic rings. The van der Waals surface area contributed by atoms with Crippen LogP contribution >= 0.6 is 0 Å². The molecule has 1 aromatic heterocycles. The lowest BCUT2D eigenvalue weighted by Crippen LogP contribution is -2.56. The highest BCUT2D eigenvalue weighted by molar-refractivity contribution is 6.90. The average Bonchev–Trinajstić information content (AvgIpc) is 4.11. The standard InChI is InChI=1S/C72H59BN4/c1-3-5-22-50-36-40-57(41-37-50)75(56-31-17-10-18-32-56)59-47-64-61-34-21-35-62-70-60-33-20-19-26-53(60)39-45-67(70)77(72(61)62)73-65-43-42-58(74(54-27-13-8-14-28-54)55-29-15-9-16-30-55)48-68(65)76(69(49-59)71(64)73)66-44-38-51(23-6-4-2)46-63(66)52-24-11-7-12-25-52/h7-21,24-49H,3-6,22-23H2,1-2H3. The van der Waals surface area contributed by atoms with Crippen LogP contribution in [0.1, 0.15) is 50.7 Å². The van der Waals surface area contributed by atoms with Gasteiger partial charge in [-0.3, -0.25) is 0 Å². The van der Waals surface area contributed by atoms with E-state index in [0.717, 1.165) is 71.2 Å². The third-order valence-corrected chi connectivity index (χ3v) is 16.2. The maximum Gasteiger partial charge on any atom is 0.333 e. The Bertz CT molecular complexity index is 4090. The zero-order valence-corrected chi connectivity index (χ0v) is 43.8. The van der Waals surface area contributed by atoms with Crippen LogP contribution in [-0.2, 0) is 12.8 Å². The first-order valence-corrected chi connectivity index (χ1v) is 27.7. The highest BCUT2D eigenvalue weighted by Crippen LogP contribution is 2.52. The Labute approximate surface area is 452 Å². The van der Waals surface area contributed by atoms with Crippen LogP contribution in [-0.4, -0.2) is 11.3 Å². The van der Waals surface area contributed by atoms with Crippen LogP contribution in [0.4, 0.5) is 51.2 Å². The average molecular weight is 991 g/mol. The van der Waals surface area contributed by atoms with Gasteiger partial charge in [0.15, 0.2) is 0 Å². The lowest BCUT2D eigenvalue weighted by molar-refractivity contribution is 0.795. The Balaban J connectivity index is 1.12. The molecule has 11 aromatic carbocycles. The molecule has 0 saturated heterocycles. The van der Waals surface area contributed by atoms with Crippen LogP contribution < -0.4 is 25.6 Å². The summed E-state index contributed by atoms with van der Waals surface area (Å²) in [5, 5.41) is 5.11. The van der Waals surface area contributed by atoms with Crippen molar-refractivity contribution in [2.24, 2.45) is 0 Å². The second-order valence-electron chi connectivity index (χ2n) is 20.9. The van der Waals surface area contributed by atoms with E-state index in [0.29, 0.717) is 0 Å². The number of aryl methyl sites for hydroxylation is 2. The molecule has 0 spiro atoms. The molecular formula is C72H59BN4. The zero-order chi connectivity index (χ0) is 51.4. The summed E-state index contributed by atoms with van der Waals surface area (Å²) in [6.45, 7) is 4.41. The summed E-state index contributed by atoms with van der Waals surface area (Å²) < 4.78 is 2.70. The molecule has 370 valence electrons. The van der Waals surface area contributed by atoms with Crippen LogP contribution in [0.15, 0.2) is 249 Å². The molecule has 0 amide bonds. The third kappa shape index (κ3) is 7.91. The second-order valence-corrected chi connectivity index (χ2v) is 20.9. The molecule has 77 heavy (non-hydrogen) atoms. The summed E-state index contributed by atoms with van der Waals surface area (Å²) in [4.78, 5) is 7.53. The molecule has 4 nitrogen and oxygen atoms in total. The van der Waals surface area contributed by atoms with Crippen molar-refractivity contribution in [3.63, 3.8) is 0 Å².